The average Bonchev–Trinajstić information content (AvgIpc) is 0. The van der Waals surface area contributed by atoms with Crippen LogP contribution in [0.4, 0.5) is 0 Å². The molecule has 0 spiro atoms. The molecule has 0 aromatic rings. The van der Waals surface area contributed by atoms with Gasteiger partial charge in [0.25, 0.3) is 0 Å². The molecular formula is CrMgNiO. The predicted octanol–water partition coefficient (Wildman–Crippen LogP) is -0.505. The quantitative estimate of drug-likeness (QED) is 0.417. The summed E-state index contributed by atoms with van der Waals surface area (Å²) in [4.78, 5) is 0. The van der Waals surface area contributed by atoms with E-state index in [2.05, 4.69) is 0 Å². The third-order valence-corrected chi connectivity index (χ3v) is 0. The molecule has 1 nitrogen and oxygen atoms in total. The Labute approximate surface area is 62.0 Å². The van der Waals surface area contributed by atoms with Gasteiger partial charge in [-0.2, -0.15) is 0 Å². The first-order valence-corrected chi connectivity index (χ1v) is 0. The van der Waals surface area contributed by atoms with Crippen LogP contribution in [0.2, 0.25) is 0 Å². The first-order chi connectivity index (χ1) is 0. The molecule has 0 fully saturated rings. The van der Waals surface area contributed by atoms with Gasteiger partial charge in [-0.1, -0.05) is 0 Å². The van der Waals surface area contributed by atoms with E-state index in [9.17, 15) is 0 Å². The van der Waals surface area contributed by atoms with Crippen molar-refractivity contribution in [2.75, 3.05) is 0 Å². The normalized spacial score (nSPS) is 0. The van der Waals surface area contributed by atoms with Crippen LogP contribution in [0.1, 0.15) is 0 Å². The molecule has 0 aliphatic carbocycles. The molecule has 0 amide bonds. The van der Waals surface area contributed by atoms with Gasteiger partial charge in [0.05, 0.1) is 0 Å². The fourth-order valence-corrected chi connectivity index (χ4v) is 0. The topological polar surface area (TPSA) is 28.5 Å². The van der Waals surface area contributed by atoms with Crippen LogP contribution in [0.5, 0.6) is 0 Å². The molecule has 0 rings (SSSR count). The summed E-state index contributed by atoms with van der Waals surface area (Å²) in [5.41, 5.74) is 0. The maximum atomic E-state index is 0. The van der Waals surface area contributed by atoms with Gasteiger partial charge in [-0.05, 0) is 0 Å². The SMILES string of the molecule is [Cr].[Mg+2].[Ni].[O-2]. The minimum absolute atomic E-state index is 0. The molecule has 0 heterocycles. The summed E-state index contributed by atoms with van der Waals surface area (Å²) in [7, 11) is 0. The second-order valence-corrected chi connectivity index (χ2v) is 0. The zero-order valence-electron chi connectivity index (χ0n) is 1.84. The van der Waals surface area contributed by atoms with E-state index in [1.807, 2.05) is 0 Å². The summed E-state index contributed by atoms with van der Waals surface area (Å²) in [5.74, 6) is 0. The Hall–Kier alpha value is 1.75. The Morgan fingerprint density at radius 1 is 1.00 bits per heavy atom. The van der Waals surface area contributed by atoms with E-state index in [-0.39, 0.29) is 62.4 Å². The second-order valence-electron chi connectivity index (χ2n) is 0. The molecule has 4 heteroatoms. The van der Waals surface area contributed by atoms with Gasteiger partial charge >= 0.3 is 23.1 Å². The van der Waals surface area contributed by atoms with E-state index in [1.165, 1.54) is 0 Å². The smallest absolute Gasteiger partial charge is 2.00 e. The first kappa shape index (κ1) is 42.3. The Kier molecular flexibility index (Phi) is 231. The van der Waals surface area contributed by atoms with Crippen LogP contribution < -0.4 is 0 Å². The standard InChI is InChI=1S/Cr.Mg.Ni.O/q;+2;;-2. The maximum Gasteiger partial charge on any atom is 2.00 e. The van der Waals surface area contributed by atoms with Crippen molar-refractivity contribution in [2.24, 2.45) is 0 Å². The molecule has 0 radical (unpaired) electrons. The molecule has 0 bridgehead atoms. The van der Waals surface area contributed by atoms with E-state index in [4.69, 9.17) is 0 Å². The minimum atomic E-state index is 0. The maximum absolute atomic E-state index is 0. The Bertz CT molecular complexity index is 8.00. The molecule has 0 aliphatic heterocycles. The van der Waals surface area contributed by atoms with Gasteiger partial charge in [-0.15, -0.1) is 0 Å². The van der Waals surface area contributed by atoms with Crippen molar-refractivity contribution < 1.29 is 39.3 Å². The van der Waals surface area contributed by atoms with Gasteiger partial charge in [0.15, 0.2) is 0 Å². The summed E-state index contributed by atoms with van der Waals surface area (Å²) < 4.78 is 0. The van der Waals surface area contributed by atoms with E-state index in [0.29, 0.717) is 0 Å². The molecule has 0 N–H and O–H groups in total. The van der Waals surface area contributed by atoms with Gasteiger partial charge < -0.3 is 5.48 Å². The van der Waals surface area contributed by atoms with Gasteiger partial charge in [0, 0.05) is 33.9 Å². The summed E-state index contributed by atoms with van der Waals surface area (Å²) >= 11 is 0. The van der Waals surface area contributed by atoms with Crippen LogP contribution in [0.3, 0.4) is 0 Å². The fourth-order valence-electron chi connectivity index (χ4n) is 0. The largest absolute Gasteiger partial charge is 2.00 e. The third kappa shape index (κ3) is 9.26. The predicted molar refractivity (Wildman–Crippen MR) is 6.44 cm³/mol. The Morgan fingerprint density at radius 3 is 1.00 bits per heavy atom. The third-order valence-electron chi connectivity index (χ3n) is 0. The molecule has 0 aliphatic rings. The fraction of sp³-hybridized carbons (Fsp3) is 0. The van der Waals surface area contributed by atoms with Crippen LogP contribution in [0.25, 0.3) is 0 Å². The van der Waals surface area contributed by atoms with Gasteiger partial charge in [0.1, 0.15) is 0 Å². The minimum Gasteiger partial charge on any atom is -2.00 e. The van der Waals surface area contributed by atoms with E-state index in [1.54, 1.807) is 0 Å². The van der Waals surface area contributed by atoms with Crippen molar-refractivity contribution in [2.45, 2.75) is 0 Å². The van der Waals surface area contributed by atoms with Crippen LogP contribution in [-0.2, 0) is 39.3 Å². The van der Waals surface area contributed by atoms with Crippen LogP contribution in [-0.4, -0.2) is 23.1 Å². The summed E-state index contributed by atoms with van der Waals surface area (Å²) in [5, 5.41) is 0. The number of hydrogen-bond acceptors (Lipinski definition) is 0. The van der Waals surface area contributed by atoms with Crippen molar-refractivity contribution in [1.82, 2.24) is 0 Å². The van der Waals surface area contributed by atoms with E-state index >= 15 is 0 Å². The molecule has 0 aromatic heterocycles. The number of hydrogen-bond donors (Lipinski definition) is 0. The molecule has 24 valence electrons. The second kappa shape index (κ2) is 21.8. The molecule has 4 heavy (non-hydrogen) atoms. The van der Waals surface area contributed by atoms with Crippen LogP contribution in [0.15, 0.2) is 0 Å². The number of rotatable bonds is 0. The van der Waals surface area contributed by atoms with E-state index < -0.39 is 0 Å². The van der Waals surface area contributed by atoms with Crippen molar-refractivity contribution >= 4 is 23.1 Å². The van der Waals surface area contributed by atoms with Gasteiger partial charge in [0.2, 0.25) is 0 Å². The van der Waals surface area contributed by atoms with Crippen LogP contribution >= 0.6 is 0 Å². The Morgan fingerprint density at radius 2 is 1.00 bits per heavy atom. The molecule has 0 unspecified atom stereocenters. The van der Waals surface area contributed by atoms with Crippen molar-refractivity contribution in [1.29, 1.82) is 0 Å². The zero-order valence-corrected chi connectivity index (χ0v) is 5.52. The monoisotopic (exact) mass is 150 g/mol. The van der Waals surface area contributed by atoms with Crippen molar-refractivity contribution in [3.05, 3.63) is 0 Å². The summed E-state index contributed by atoms with van der Waals surface area (Å²) in [6, 6.07) is 0. The average molecular weight is 151 g/mol. The molecule has 0 saturated carbocycles. The first-order valence-electron chi connectivity index (χ1n) is 0. The van der Waals surface area contributed by atoms with Gasteiger partial charge in [-0.25, -0.2) is 0 Å². The van der Waals surface area contributed by atoms with Crippen LogP contribution in [0, 0.1) is 0 Å². The van der Waals surface area contributed by atoms with Crippen molar-refractivity contribution in [3.63, 3.8) is 0 Å². The van der Waals surface area contributed by atoms with Crippen molar-refractivity contribution in [3.8, 4) is 0 Å². The van der Waals surface area contributed by atoms with E-state index in [0.717, 1.165) is 0 Å². The molecule has 0 saturated heterocycles. The Balaban J connectivity index is 0. The van der Waals surface area contributed by atoms with Gasteiger partial charge in [-0.3, -0.25) is 0 Å². The molecule has 0 aromatic carbocycles. The summed E-state index contributed by atoms with van der Waals surface area (Å²) in [6.07, 6.45) is 0. The summed E-state index contributed by atoms with van der Waals surface area (Å²) in [6.45, 7) is 0. The zero-order chi connectivity index (χ0) is 0. The molecular weight excluding hydrogens is 151 g/mol. The molecule has 0 atom stereocenters.